The quantitative estimate of drug-likeness (QED) is 0.489. The highest BCUT2D eigenvalue weighted by atomic mass is 16.3. The Morgan fingerprint density at radius 1 is 0.889 bits per heavy atom. The van der Waals surface area contributed by atoms with E-state index >= 15 is 0 Å². The third-order valence-corrected chi connectivity index (χ3v) is 1.82. The van der Waals surface area contributed by atoms with Gasteiger partial charge < -0.3 is 10.6 Å². The monoisotopic (exact) mass is 132 g/mol. The predicted octanol–water partition coefficient (Wildman–Crippen LogP) is 0.877. The Hall–Kier alpha value is -0.0800. The molecule has 0 spiro atoms. The van der Waals surface area contributed by atoms with Gasteiger partial charge in [-0.15, -0.1) is 0 Å². The fourth-order valence-electron chi connectivity index (χ4n) is 1.26. The molecule has 2 nitrogen and oxygen atoms in total. The van der Waals surface area contributed by atoms with E-state index in [1.807, 2.05) is 0 Å². The first-order chi connectivity index (χ1) is 3.89. The lowest BCUT2D eigenvalue weighted by atomic mass is 10.2. The molecule has 0 unspecified atom stereocenters. The average molecular weight is 132 g/mol. The molecule has 1 aliphatic rings. The van der Waals surface area contributed by atoms with Gasteiger partial charge in [0.1, 0.15) is 0 Å². The molecule has 0 amide bonds. The Balaban J connectivity index is 0.000000640. The standard InChI is InChI=1S/C7H14O.H2O/c8-7-5-3-1-2-4-6-7;/h7-8H,1-6H2;1H2. The van der Waals surface area contributed by atoms with Crippen LogP contribution in [0.5, 0.6) is 0 Å². The lowest BCUT2D eigenvalue weighted by molar-refractivity contribution is 0.157. The summed E-state index contributed by atoms with van der Waals surface area (Å²) in [5, 5.41) is 9.09. The second-order valence-electron chi connectivity index (χ2n) is 2.65. The van der Waals surface area contributed by atoms with Gasteiger partial charge in [0.2, 0.25) is 0 Å². The van der Waals surface area contributed by atoms with Gasteiger partial charge in [-0.3, -0.25) is 0 Å². The first-order valence-electron chi connectivity index (χ1n) is 3.57. The fraction of sp³-hybridized carbons (Fsp3) is 1.00. The van der Waals surface area contributed by atoms with Crippen LogP contribution in [0.25, 0.3) is 0 Å². The molecule has 0 heterocycles. The molecule has 2 heteroatoms. The molecule has 0 aromatic heterocycles. The summed E-state index contributed by atoms with van der Waals surface area (Å²) in [6.07, 6.45) is 7.24. The molecule has 0 aromatic rings. The minimum Gasteiger partial charge on any atom is -0.412 e. The highest BCUT2D eigenvalue weighted by Crippen LogP contribution is 2.16. The number of hydrogen-bond donors (Lipinski definition) is 1. The van der Waals surface area contributed by atoms with Crippen LogP contribution in [0.2, 0.25) is 0 Å². The number of aliphatic hydroxyl groups is 1. The van der Waals surface area contributed by atoms with Gasteiger partial charge in [-0.05, 0) is 12.8 Å². The summed E-state index contributed by atoms with van der Waals surface area (Å²) in [5.41, 5.74) is 0. The van der Waals surface area contributed by atoms with Crippen molar-refractivity contribution >= 4 is 0 Å². The van der Waals surface area contributed by atoms with Gasteiger partial charge in [-0.25, -0.2) is 0 Å². The van der Waals surface area contributed by atoms with Crippen molar-refractivity contribution in [3.63, 3.8) is 0 Å². The molecule has 1 aliphatic carbocycles. The van der Waals surface area contributed by atoms with Crippen molar-refractivity contribution in [3.8, 4) is 0 Å². The van der Waals surface area contributed by atoms with Gasteiger partial charge in [0.15, 0.2) is 0 Å². The first kappa shape index (κ1) is 8.92. The summed E-state index contributed by atoms with van der Waals surface area (Å²) < 4.78 is 0. The summed E-state index contributed by atoms with van der Waals surface area (Å²) in [6, 6.07) is 0. The highest BCUT2D eigenvalue weighted by molar-refractivity contribution is 4.60. The van der Waals surface area contributed by atoms with E-state index in [0.29, 0.717) is 0 Å². The molecule has 1 saturated carbocycles. The van der Waals surface area contributed by atoms with Crippen LogP contribution in [-0.2, 0) is 0 Å². The van der Waals surface area contributed by atoms with Crippen molar-refractivity contribution in [1.82, 2.24) is 0 Å². The van der Waals surface area contributed by atoms with E-state index in [1.165, 1.54) is 25.7 Å². The molecule has 1 fully saturated rings. The van der Waals surface area contributed by atoms with Crippen molar-refractivity contribution < 1.29 is 10.6 Å². The van der Waals surface area contributed by atoms with Crippen LogP contribution in [0.15, 0.2) is 0 Å². The van der Waals surface area contributed by atoms with Crippen LogP contribution in [0, 0.1) is 0 Å². The molecule has 0 aromatic carbocycles. The maximum atomic E-state index is 9.09. The zero-order valence-electron chi connectivity index (χ0n) is 5.77. The third kappa shape index (κ3) is 3.49. The largest absolute Gasteiger partial charge is 0.412 e. The molecule has 0 saturated heterocycles. The van der Waals surface area contributed by atoms with Gasteiger partial charge in [0, 0.05) is 0 Å². The van der Waals surface area contributed by atoms with Crippen molar-refractivity contribution in [2.45, 2.75) is 44.6 Å². The molecular formula is C7H16O2. The Morgan fingerprint density at radius 2 is 1.33 bits per heavy atom. The molecular weight excluding hydrogens is 116 g/mol. The number of aliphatic hydroxyl groups excluding tert-OH is 1. The van der Waals surface area contributed by atoms with E-state index in [1.54, 1.807) is 0 Å². The lowest BCUT2D eigenvalue weighted by Crippen LogP contribution is -2.02. The molecule has 0 bridgehead atoms. The molecule has 56 valence electrons. The van der Waals surface area contributed by atoms with Crippen molar-refractivity contribution in [2.24, 2.45) is 0 Å². The van der Waals surface area contributed by atoms with Crippen LogP contribution in [0.3, 0.4) is 0 Å². The van der Waals surface area contributed by atoms with E-state index in [9.17, 15) is 0 Å². The molecule has 9 heavy (non-hydrogen) atoms. The summed E-state index contributed by atoms with van der Waals surface area (Å²) in [4.78, 5) is 0. The fourth-order valence-corrected chi connectivity index (χ4v) is 1.26. The van der Waals surface area contributed by atoms with Crippen molar-refractivity contribution in [1.29, 1.82) is 0 Å². The lowest BCUT2D eigenvalue weighted by Gasteiger charge is -2.02. The molecule has 0 aliphatic heterocycles. The summed E-state index contributed by atoms with van der Waals surface area (Å²) in [5.74, 6) is 0. The van der Waals surface area contributed by atoms with Gasteiger partial charge in [0.05, 0.1) is 6.10 Å². The topological polar surface area (TPSA) is 51.7 Å². The van der Waals surface area contributed by atoms with Crippen LogP contribution in [0.1, 0.15) is 38.5 Å². The van der Waals surface area contributed by atoms with Crippen LogP contribution in [-0.4, -0.2) is 16.7 Å². The van der Waals surface area contributed by atoms with E-state index in [0.717, 1.165) is 12.8 Å². The zero-order valence-corrected chi connectivity index (χ0v) is 5.77. The molecule has 3 N–H and O–H groups in total. The summed E-state index contributed by atoms with van der Waals surface area (Å²) >= 11 is 0. The Bertz CT molecular complexity index is 55.9. The minimum atomic E-state index is 0. The van der Waals surface area contributed by atoms with Crippen LogP contribution >= 0.6 is 0 Å². The van der Waals surface area contributed by atoms with Crippen molar-refractivity contribution in [3.05, 3.63) is 0 Å². The second-order valence-corrected chi connectivity index (χ2v) is 2.65. The van der Waals surface area contributed by atoms with Crippen molar-refractivity contribution in [2.75, 3.05) is 0 Å². The third-order valence-electron chi connectivity index (χ3n) is 1.82. The second kappa shape index (κ2) is 4.77. The van der Waals surface area contributed by atoms with Gasteiger partial charge in [-0.1, -0.05) is 25.7 Å². The highest BCUT2D eigenvalue weighted by Gasteiger charge is 2.06. The van der Waals surface area contributed by atoms with E-state index < -0.39 is 0 Å². The molecule has 1 rings (SSSR count). The number of hydrogen-bond acceptors (Lipinski definition) is 1. The van der Waals surface area contributed by atoms with E-state index in [2.05, 4.69) is 0 Å². The smallest absolute Gasteiger partial charge is 0.0540 e. The minimum absolute atomic E-state index is 0. The van der Waals surface area contributed by atoms with E-state index in [4.69, 9.17) is 5.11 Å². The Morgan fingerprint density at radius 3 is 1.78 bits per heavy atom. The zero-order chi connectivity index (χ0) is 5.82. The summed E-state index contributed by atoms with van der Waals surface area (Å²) in [6.45, 7) is 0. The van der Waals surface area contributed by atoms with Crippen LogP contribution in [0.4, 0.5) is 0 Å². The maximum absolute atomic E-state index is 9.09. The normalized spacial score (nSPS) is 22.3. The van der Waals surface area contributed by atoms with Crippen LogP contribution < -0.4 is 0 Å². The predicted molar refractivity (Wildman–Crippen MR) is 37.3 cm³/mol. The van der Waals surface area contributed by atoms with Gasteiger partial charge >= 0.3 is 0 Å². The summed E-state index contributed by atoms with van der Waals surface area (Å²) in [7, 11) is 0. The Labute approximate surface area is 56.2 Å². The number of rotatable bonds is 0. The SMILES string of the molecule is O.OC1CCCCCC1. The maximum Gasteiger partial charge on any atom is 0.0540 e. The Kier molecular flexibility index (Phi) is 4.72. The van der Waals surface area contributed by atoms with Gasteiger partial charge in [-0.2, -0.15) is 0 Å². The van der Waals surface area contributed by atoms with Gasteiger partial charge in [0.25, 0.3) is 0 Å². The molecule has 0 atom stereocenters. The molecule has 0 radical (unpaired) electrons. The average Bonchev–Trinajstić information content (AvgIpc) is 1.94. The van der Waals surface area contributed by atoms with E-state index in [-0.39, 0.29) is 11.6 Å². The first-order valence-corrected chi connectivity index (χ1v) is 3.57.